The number of carbonyl (C=O) groups excluding carboxylic acids is 1. The number of amides is 2. The second-order valence-corrected chi connectivity index (χ2v) is 5.86. The van der Waals surface area contributed by atoms with Crippen molar-refractivity contribution in [3.63, 3.8) is 0 Å². The van der Waals surface area contributed by atoms with Gasteiger partial charge in [0.1, 0.15) is 6.33 Å². The fraction of sp³-hybridized carbons (Fsp3) is 0.786. The summed E-state index contributed by atoms with van der Waals surface area (Å²) in [7, 11) is 3.58. The zero-order chi connectivity index (χ0) is 15.4. The molecule has 1 fully saturated rings. The molecule has 1 saturated heterocycles. The Morgan fingerprint density at radius 2 is 2.33 bits per heavy atom. The van der Waals surface area contributed by atoms with E-state index in [2.05, 4.69) is 29.4 Å². The van der Waals surface area contributed by atoms with Crippen LogP contribution >= 0.6 is 0 Å². The summed E-state index contributed by atoms with van der Waals surface area (Å²) in [6.07, 6.45) is 3.62. The minimum Gasteiger partial charge on any atom is -0.379 e. The molecule has 21 heavy (non-hydrogen) atoms. The molecule has 0 aliphatic carbocycles. The van der Waals surface area contributed by atoms with Crippen LogP contribution in [-0.4, -0.2) is 52.0 Å². The lowest BCUT2D eigenvalue weighted by atomic mass is 10.1. The lowest BCUT2D eigenvalue weighted by Crippen LogP contribution is -2.44. The van der Waals surface area contributed by atoms with Gasteiger partial charge in [0.15, 0.2) is 5.82 Å². The third-order valence-corrected chi connectivity index (χ3v) is 4.06. The average molecular weight is 295 g/mol. The molecule has 0 bridgehead atoms. The smallest absolute Gasteiger partial charge is 0.318 e. The van der Waals surface area contributed by atoms with Gasteiger partial charge in [0.2, 0.25) is 0 Å². The van der Waals surface area contributed by atoms with Crippen LogP contribution in [0.3, 0.4) is 0 Å². The third kappa shape index (κ3) is 3.53. The number of urea groups is 1. The number of aryl methyl sites for hydroxylation is 1. The minimum atomic E-state index is -0.0526. The van der Waals surface area contributed by atoms with Gasteiger partial charge in [-0.1, -0.05) is 13.8 Å². The highest BCUT2D eigenvalue weighted by Crippen LogP contribution is 2.30. The van der Waals surface area contributed by atoms with Gasteiger partial charge in [-0.05, 0) is 18.8 Å². The molecule has 2 atom stereocenters. The molecule has 1 aliphatic rings. The van der Waals surface area contributed by atoms with Crippen LogP contribution in [0.2, 0.25) is 0 Å². The van der Waals surface area contributed by atoms with Crippen LogP contribution < -0.4 is 5.32 Å². The highest BCUT2D eigenvalue weighted by atomic mass is 16.5. The molecule has 1 aromatic rings. The number of hydrogen-bond acceptors (Lipinski definition) is 4. The molecule has 2 heterocycles. The fourth-order valence-corrected chi connectivity index (χ4v) is 2.75. The van der Waals surface area contributed by atoms with Gasteiger partial charge in [0.25, 0.3) is 0 Å². The molecule has 0 saturated carbocycles. The fourth-order valence-electron chi connectivity index (χ4n) is 2.75. The maximum absolute atomic E-state index is 12.4. The van der Waals surface area contributed by atoms with E-state index < -0.39 is 0 Å². The average Bonchev–Trinajstić information content (AvgIpc) is 3.06. The summed E-state index contributed by atoms with van der Waals surface area (Å²) in [6.45, 7) is 5.44. The zero-order valence-corrected chi connectivity index (χ0v) is 13.2. The number of nitrogens with one attached hydrogen (secondary N) is 1. The van der Waals surface area contributed by atoms with E-state index in [0.29, 0.717) is 12.5 Å². The predicted molar refractivity (Wildman–Crippen MR) is 78.7 cm³/mol. The zero-order valence-electron chi connectivity index (χ0n) is 13.2. The van der Waals surface area contributed by atoms with Crippen molar-refractivity contribution in [2.45, 2.75) is 38.8 Å². The summed E-state index contributed by atoms with van der Waals surface area (Å²) in [6, 6.07) is -0.0410. The highest BCUT2D eigenvalue weighted by molar-refractivity contribution is 5.75. The van der Waals surface area contributed by atoms with Crippen molar-refractivity contribution in [1.82, 2.24) is 25.0 Å². The Hall–Kier alpha value is -1.63. The Balaban J connectivity index is 1.97. The largest absolute Gasteiger partial charge is 0.379 e. The Kier molecular flexibility index (Phi) is 5.17. The maximum atomic E-state index is 12.4. The molecular formula is C14H25N5O2. The minimum absolute atomic E-state index is 0.0116. The quantitative estimate of drug-likeness (QED) is 0.889. The van der Waals surface area contributed by atoms with Gasteiger partial charge in [-0.2, -0.15) is 0 Å². The first-order chi connectivity index (χ1) is 10.0. The van der Waals surface area contributed by atoms with Crippen LogP contribution in [0.5, 0.6) is 0 Å². The van der Waals surface area contributed by atoms with Gasteiger partial charge in [0, 0.05) is 27.2 Å². The summed E-state index contributed by atoms with van der Waals surface area (Å²) >= 11 is 0. The van der Waals surface area contributed by atoms with Crippen molar-refractivity contribution in [3.05, 3.63) is 12.2 Å². The van der Waals surface area contributed by atoms with E-state index >= 15 is 0 Å². The van der Waals surface area contributed by atoms with Crippen molar-refractivity contribution in [1.29, 1.82) is 0 Å². The van der Waals surface area contributed by atoms with Crippen molar-refractivity contribution in [3.8, 4) is 0 Å². The molecule has 2 unspecified atom stereocenters. The SMILES string of the molecule is COC(CNC(=O)N1CCCC1c1nncn1C)C(C)C. The predicted octanol–water partition coefficient (Wildman–Crippen LogP) is 1.33. The van der Waals surface area contributed by atoms with Crippen molar-refractivity contribution in [2.24, 2.45) is 13.0 Å². The standard InChI is InChI=1S/C14H25N5O2/c1-10(2)12(21-4)8-15-14(20)19-7-5-6-11(19)13-17-16-9-18(13)3/h9-12H,5-8H2,1-4H3,(H,15,20). The molecule has 0 radical (unpaired) electrons. The number of likely N-dealkylation sites (tertiary alicyclic amines) is 1. The van der Waals surface area contributed by atoms with Gasteiger partial charge < -0.3 is 19.5 Å². The molecule has 7 nitrogen and oxygen atoms in total. The van der Waals surface area contributed by atoms with E-state index in [1.165, 1.54) is 0 Å². The summed E-state index contributed by atoms with van der Waals surface area (Å²) in [5.41, 5.74) is 0. The third-order valence-electron chi connectivity index (χ3n) is 4.06. The Labute approximate surface area is 125 Å². The molecule has 1 aliphatic heterocycles. The Morgan fingerprint density at radius 3 is 2.90 bits per heavy atom. The van der Waals surface area contributed by atoms with Crippen LogP contribution in [0.4, 0.5) is 4.79 Å². The number of hydrogen-bond donors (Lipinski definition) is 1. The van der Waals surface area contributed by atoms with E-state index in [9.17, 15) is 4.79 Å². The molecule has 7 heteroatoms. The lowest BCUT2D eigenvalue weighted by Gasteiger charge is -2.26. The van der Waals surface area contributed by atoms with Crippen LogP contribution in [0, 0.1) is 5.92 Å². The number of carbonyl (C=O) groups is 1. The lowest BCUT2D eigenvalue weighted by molar-refractivity contribution is 0.0649. The highest BCUT2D eigenvalue weighted by Gasteiger charge is 2.33. The summed E-state index contributed by atoms with van der Waals surface area (Å²) in [4.78, 5) is 14.3. The first kappa shape index (κ1) is 15.8. The number of rotatable bonds is 5. The number of aromatic nitrogens is 3. The first-order valence-electron chi connectivity index (χ1n) is 7.45. The van der Waals surface area contributed by atoms with E-state index in [4.69, 9.17) is 4.74 Å². The van der Waals surface area contributed by atoms with Gasteiger partial charge in [-0.25, -0.2) is 4.79 Å². The Bertz CT molecular complexity index is 474. The van der Waals surface area contributed by atoms with E-state index in [-0.39, 0.29) is 18.2 Å². The normalized spacial score (nSPS) is 20.0. The van der Waals surface area contributed by atoms with E-state index in [0.717, 1.165) is 25.2 Å². The van der Waals surface area contributed by atoms with Crippen molar-refractivity contribution in [2.75, 3.05) is 20.2 Å². The Morgan fingerprint density at radius 1 is 1.57 bits per heavy atom. The molecule has 1 N–H and O–H groups in total. The molecule has 118 valence electrons. The molecule has 0 aromatic carbocycles. The van der Waals surface area contributed by atoms with Gasteiger partial charge in [-0.3, -0.25) is 0 Å². The monoisotopic (exact) mass is 295 g/mol. The van der Waals surface area contributed by atoms with Crippen LogP contribution in [0.15, 0.2) is 6.33 Å². The molecule has 0 spiro atoms. The second kappa shape index (κ2) is 6.89. The van der Waals surface area contributed by atoms with Crippen LogP contribution in [0.1, 0.15) is 38.6 Å². The van der Waals surface area contributed by atoms with Gasteiger partial charge in [-0.15, -0.1) is 10.2 Å². The number of methoxy groups -OCH3 is 1. The molecular weight excluding hydrogens is 270 g/mol. The van der Waals surface area contributed by atoms with Gasteiger partial charge in [0.05, 0.1) is 12.1 Å². The topological polar surface area (TPSA) is 72.3 Å². The van der Waals surface area contributed by atoms with E-state index in [1.807, 2.05) is 16.5 Å². The van der Waals surface area contributed by atoms with Gasteiger partial charge >= 0.3 is 6.03 Å². The second-order valence-electron chi connectivity index (χ2n) is 5.86. The number of nitrogens with zero attached hydrogens (tertiary/aromatic N) is 4. The van der Waals surface area contributed by atoms with Crippen LogP contribution in [0.25, 0.3) is 0 Å². The maximum Gasteiger partial charge on any atom is 0.318 e. The molecule has 1 aromatic heterocycles. The molecule has 2 rings (SSSR count). The molecule has 2 amide bonds. The summed E-state index contributed by atoms with van der Waals surface area (Å²) < 4.78 is 7.26. The van der Waals surface area contributed by atoms with Crippen LogP contribution in [-0.2, 0) is 11.8 Å². The van der Waals surface area contributed by atoms with Crippen molar-refractivity contribution < 1.29 is 9.53 Å². The summed E-state index contributed by atoms with van der Waals surface area (Å²) in [5, 5.41) is 11.0. The first-order valence-corrected chi connectivity index (χ1v) is 7.45. The van der Waals surface area contributed by atoms with Crippen molar-refractivity contribution >= 4 is 6.03 Å². The summed E-state index contributed by atoms with van der Waals surface area (Å²) in [5.74, 6) is 1.21. The number of ether oxygens (including phenoxy) is 1. The van der Waals surface area contributed by atoms with E-state index in [1.54, 1.807) is 13.4 Å².